The van der Waals surface area contributed by atoms with Gasteiger partial charge in [-0.2, -0.15) is 11.3 Å². The van der Waals surface area contributed by atoms with Gasteiger partial charge < -0.3 is 10.2 Å². The van der Waals surface area contributed by atoms with Crippen LogP contribution in [0.3, 0.4) is 0 Å². The molecule has 2 amide bonds. The number of likely N-dealkylation sites (tertiary alicyclic amines) is 1. The molecule has 0 atom stereocenters. The van der Waals surface area contributed by atoms with Crippen LogP contribution in [0, 0.1) is 5.92 Å². The minimum absolute atomic E-state index is 0.103. The van der Waals surface area contributed by atoms with Gasteiger partial charge in [-0.05, 0) is 43.0 Å². The summed E-state index contributed by atoms with van der Waals surface area (Å²) in [5.74, 6) is 0.677. The van der Waals surface area contributed by atoms with Gasteiger partial charge in [0.25, 0.3) is 0 Å². The average molecular weight is 374 g/mol. The summed E-state index contributed by atoms with van der Waals surface area (Å²) >= 11 is 1.67. The summed E-state index contributed by atoms with van der Waals surface area (Å²) in [5.41, 5.74) is 2.06. The van der Waals surface area contributed by atoms with Gasteiger partial charge in [-0.15, -0.1) is 5.10 Å². The molecule has 0 aromatic carbocycles. The van der Waals surface area contributed by atoms with Gasteiger partial charge in [-0.25, -0.2) is 9.48 Å². The second-order valence-electron chi connectivity index (χ2n) is 7.50. The lowest BCUT2D eigenvalue weighted by Gasteiger charge is -2.32. The van der Waals surface area contributed by atoms with Gasteiger partial charge in [0.05, 0.1) is 12.2 Å². The molecule has 0 spiro atoms. The minimum Gasteiger partial charge on any atom is -0.338 e. The lowest BCUT2D eigenvalue weighted by Crippen LogP contribution is -2.46. The Morgan fingerprint density at radius 3 is 2.73 bits per heavy atom. The maximum atomic E-state index is 12.4. The van der Waals surface area contributed by atoms with E-state index in [4.69, 9.17) is 0 Å². The summed E-state index contributed by atoms with van der Waals surface area (Å²) in [6.07, 6.45) is 10.4. The number of hydrogen-bond acceptors (Lipinski definition) is 4. The zero-order valence-corrected chi connectivity index (χ0v) is 16.0. The van der Waals surface area contributed by atoms with Gasteiger partial charge in [-0.3, -0.25) is 0 Å². The predicted octanol–water partition coefficient (Wildman–Crippen LogP) is 3.93. The van der Waals surface area contributed by atoms with E-state index in [-0.39, 0.29) is 6.03 Å². The summed E-state index contributed by atoms with van der Waals surface area (Å²) < 4.78 is 1.98. The van der Waals surface area contributed by atoms with E-state index in [9.17, 15) is 4.79 Å². The van der Waals surface area contributed by atoms with Gasteiger partial charge in [-0.1, -0.05) is 24.5 Å². The Labute approximate surface area is 158 Å². The number of nitrogens with one attached hydrogen (secondary N) is 1. The van der Waals surface area contributed by atoms with Crippen molar-refractivity contribution >= 4 is 17.4 Å². The highest BCUT2D eigenvalue weighted by molar-refractivity contribution is 7.08. The highest BCUT2D eigenvalue weighted by Crippen LogP contribution is 2.26. The van der Waals surface area contributed by atoms with E-state index < -0.39 is 0 Å². The topological polar surface area (TPSA) is 63.1 Å². The van der Waals surface area contributed by atoms with Crippen molar-refractivity contribution in [3.8, 4) is 11.3 Å². The summed E-state index contributed by atoms with van der Waals surface area (Å²) in [5, 5.41) is 15.9. The Kier molecular flexibility index (Phi) is 5.53. The molecule has 7 heteroatoms. The number of piperidine rings is 1. The first-order chi connectivity index (χ1) is 12.8. The van der Waals surface area contributed by atoms with Crippen molar-refractivity contribution in [3.63, 3.8) is 0 Å². The Balaban J connectivity index is 1.25. The first-order valence-corrected chi connectivity index (χ1v) is 10.7. The van der Waals surface area contributed by atoms with Crippen LogP contribution in [-0.4, -0.2) is 45.6 Å². The Bertz CT molecular complexity index is 699. The third-order valence-electron chi connectivity index (χ3n) is 5.72. The largest absolute Gasteiger partial charge is 0.338 e. The van der Waals surface area contributed by atoms with E-state index >= 15 is 0 Å². The van der Waals surface area contributed by atoms with Crippen LogP contribution in [0.15, 0.2) is 23.0 Å². The van der Waals surface area contributed by atoms with Crippen molar-refractivity contribution in [1.82, 2.24) is 25.2 Å². The molecule has 6 nitrogen and oxygen atoms in total. The van der Waals surface area contributed by atoms with Crippen LogP contribution in [0.1, 0.15) is 51.0 Å². The van der Waals surface area contributed by atoms with Crippen LogP contribution in [0.2, 0.25) is 0 Å². The van der Waals surface area contributed by atoms with Crippen molar-refractivity contribution in [2.75, 3.05) is 19.6 Å². The SMILES string of the molecule is O=C(NCC1CCCCC1)N1CCC(n2cc(-c3ccsc3)nn2)CC1. The molecule has 4 rings (SSSR count). The molecule has 2 fully saturated rings. The summed E-state index contributed by atoms with van der Waals surface area (Å²) in [4.78, 5) is 14.4. The quantitative estimate of drug-likeness (QED) is 0.883. The van der Waals surface area contributed by atoms with E-state index in [1.807, 2.05) is 15.8 Å². The molecule has 140 valence electrons. The van der Waals surface area contributed by atoms with Crippen LogP contribution in [0.4, 0.5) is 4.79 Å². The molecule has 2 aromatic rings. The molecular formula is C19H27N5OS. The summed E-state index contributed by atoms with van der Waals surface area (Å²) in [6.45, 7) is 2.41. The number of rotatable bonds is 4. The number of carbonyl (C=O) groups excluding carboxylic acids is 1. The van der Waals surface area contributed by atoms with Crippen molar-refractivity contribution in [2.24, 2.45) is 5.92 Å². The third-order valence-corrected chi connectivity index (χ3v) is 6.40. The van der Waals surface area contributed by atoms with Crippen LogP contribution >= 0.6 is 11.3 Å². The third kappa shape index (κ3) is 4.09. The normalized spacial score (nSPS) is 19.6. The van der Waals surface area contributed by atoms with Crippen molar-refractivity contribution in [1.29, 1.82) is 0 Å². The number of thiophene rings is 1. The van der Waals surface area contributed by atoms with Gasteiger partial charge in [0.1, 0.15) is 5.69 Å². The first kappa shape index (κ1) is 17.5. The van der Waals surface area contributed by atoms with E-state index in [1.165, 1.54) is 32.1 Å². The number of nitrogens with zero attached hydrogens (tertiary/aromatic N) is 4. The Hall–Kier alpha value is -1.89. The van der Waals surface area contributed by atoms with Gasteiger partial charge >= 0.3 is 6.03 Å². The Morgan fingerprint density at radius 2 is 2.00 bits per heavy atom. The van der Waals surface area contributed by atoms with Gasteiger partial charge in [0.15, 0.2) is 0 Å². The molecule has 0 unspecified atom stereocenters. The molecule has 1 saturated heterocycles. The molecule has 26 heavy (non-hydrogen) atoms. The lowest BCUT2D eigenvalue weighted by molar-refractivity contribution is 0.165. The van der Waals surface area contributed by atoms with Gasteiger partial charge in [0.2, 0.25) is 0 Å². The molecule has 2 aromatic heterocycles. The summed E-state index contributed by atoms with van der Waals surface area (Å²) in [6, 6.07) is 2.50. The molecule has 1 aliphatic heterocycles. The first-order valence-electron chi connectivity index (χ1n) is 9.77. The Morgan fingerprint density at radius 1 is 1.19 bits per heavy atom. The fraction of sp³-hybridized carbons (Fsp3) is 0.632. The number of hydrogen-bond donors (Lipinski definition) is 1. The number of aromatic nitrogens is 3. The van der Waals surface area contributed by atoms with Crippen molar-refractivity contribution in [3.05, 3.63) is 23.0 Å². The molecule has 1 aliphatic carbocycles. The van der Waals surface area contributed by atoms with E-state index in [1.54, 1.807) is 11.3 Å². The highest BCUT2D eigenvalue weighted by Gasteiger charge is 2.25. The second kappa shape index (κ2) is 8.20. The zero-order chi connectivity index (χ0) is 17.8. The lowest BCUT2D eigenvalue weighted by atomic mass is 9.89. The smallest absolute Gasteiger partial charge is 0.317 e. The molecule has 2 aliphatic rings. The monoisotopic (exact) mass is 373 g/mol. The summed E-state index contributed by atoms with van der Waals surface area (Å²) in [7, 11) is 0. The molecule has 0 bridgehead atoms. The van der Waals surface area contributed by atoms with Crippen LogP contribution in [0.5, 0.6) is 0 Å². The molecule has 3 heterocycles. The van der Waals surface area contributed by atoms with E-state index in [0.717, 1.165) is 43.7 Å². The van der Waals surface area contributed by atoms with Crippen LogP contribution in [0.25, 0.3) is 11.3 Å². The van der Waals surface area contributed by atoms with E-state index in [0.29, 0.717) is 12.0 Å². The minimum atomic E-state index is 0.103. The fourth-order valence-corrected chi connectivity index (χ4v) is 4.72. The second-order valence-corrected chi connectivity index (χ2v) is 8.28. The fourth-order valence-electron chi connectivity index (χ4n) is 4.07. The standard InChI is InChI=1S/C19H27N5OS/c25-19(20-12-15-4-2-1-3-5-15)23-9-6-17(7-10-23)24-13-18(21-22-24)16-8-11-26-14-16/h8,11,13-15,17H,1-7,9-10,12H2,(H,20,25). The predicted molar refractivity (Wildman–Crippen MR) is 103 cm³/mol. The number of carbonyl (C=O) groups is 1. The molecular weight excluding hydrogens is 346 g/mol. The van der Waals surface area contributed by atoms with Gasteiger partial charge in [0, 0.05) is 30.6 Å². The average Bonchev–Trinajstić information content (AvgIpc) is 3.38. The number of amides is 2. The maximum absolute atomic E-state index is 12.4. The number of urea groups is 1. The van der Waals surface area contributed by atoms with Crippen molar-refractivity contribution < 1.29 is 4.79 Å². The zero-order valence-electron chi connectivity index (χ0n) is 15.1. The van der Waals surface area contributed by atoms with Crippen molar-refractivity contribution in [2.45, 2.75) is 51.0 Å². The maximum Gasteiger partial charge on any atom is 0.317 e. The molecule has 0 radical (unpaired) electrons. The molecule has 1 saturated carbocycles. The molecule has 1 N–H and O–H groups in total. The van der Waals surface area contributed by atoms with Crippen LogP contribution in [-0.2, 0) is 0 Å². The van der Waals surface area contributed by atoms with Crippen LogP contribution < -0.4 is 5.32 Å². The van der Waals surface area contributed by atoms with E-state index in [2.05, 4.69) is 32.5 Å². The highest BCUT2D eigenvalue weighted by atomic mass is 32.1.